The van der Waals surface area contributed by atoms with Gasteiger partial charge in [0.15, 0.2) is 11.3 Å². The minimum Gasteiger partial charge on any atom is -0.507 e. The SMILES string of the molecule is CC(C)(O)CCc1c(O)cc(O)c2c(=O)c3ccc(O)c(O)c3oc12. The van der Waals surface area contributed by atoms with E-state index in [4.69, 9.17) is 4.42 Å². The fourth-order valence-electron chi connectivity index (χ4n) is 2.76. The number of phenolic OH excluding ortho intramolecular Hbond substituents is 4. The lowest BCUT2D eigenvalue weighted by Crippen LogP contribution is -2.19. The van der Waals surface area contributed by atoms with Crippen molar-refractivity contribution in [3.05, 3.63) is 34.0 Å². The van der Waals surface area contributed by atoms with E-state index in [1.54, 1.807) is 13.8 Å². The zero-order valence-electron chi connectivity index (χ0n) is 13.7. The van der Waals surface area contributed by atoms with Crippen LogP contribution in [0.15, 0.2) is 27.4 Å². The van der Waals surface area contributed by atoms with Gasteiger partial charge < -0.3 is 29.9 Å². The monoisotopic (exact) mass is 346 g/mol. The van der Waals surface area contributed by atoms with Crippen molar-refractivity contribution >= 4 is 21.9 Å². The Kier molecular flexibility index (Phi) is 3.76. The van der Waals surface area contributed by atoms with Gasteiger partial charge in [0.1, 0.15) is 22.5 Å². The number of hydrogen-bond donors (Lipinski definition) is 5. The van der Waals surface area contributed by atoms with Gasteiger partial charge in [0.25, 0.3) is 0 Å². The summed E-state index contributed by atoms with van der Waals surface area (Å²) in [5.74, 6) is -1.82. The third-order valence-corrected chi connectivity index (χ3v) is 4.11. The Hall–Kier alpha value is -2.93. The topological polar surface area (TPSA) is 131 Å². The molecular weight excluding hydrogens is 328 g/mol. The smallest absolute Gasteiger partial charge is 0.204 e. The van der Waals surface area contributed by atoms with E-state index in [0.29, 0.717) is 0 Å². The van der Waals surface area contributed by atoms with Crippen LogP contribution in [0.4, 0.5) is 0 Å². The minimum atomic E-state index is -1.02. The average Bonchev–Trinajstić information content (AvgIpc) is 2.49. The predicted molar refractivity (Wildman–Crippen MR) is 91.3 cm³/mol. The molecule has 1 aromatic heterocycles. The number of aryl methyl sites for hydroxylation is 1. The standard InChI is InChI=1S/C18H18O7/c1-18(2,24)6-5-8-11(20)7-12(21)13-14(22)9-3-4-10(19)15(23)17(9)25-16(8)13/h3-4,7,19-21,23-24H,5-6H2,1-2H3. The first-order valence-electron chi connectivity index (χ1n) is 7.68. The Morgan fingerprint density at radius 3 is 2.32 bits per heavy atom. The number of aromatic hydroxyl groups is 4. The molecule has 0 unspecified atom stereocenters. The molecule has 25 heavy (non-hydrogen) atoms. The van der Waals surface area contributed by atoms with Gasteiger partial charge in [0, 0.05) is 11.6 Å². The van der Waals surface area contributed by atoms with Crippen molar-refractivity contribution in [3.8, 4) is 23.0 Å². The molecule has 132 valence electrons. The molecule has 0 aliphatic rings. The molecule has 3 rings (SSSR count). The highest BCUT2D eigenvalue weighted by atomic mass is 16.4. The fraction of sp³-hybridized carbons (Fsp3) is 0.278. The molecule has 0 radical (unpaired) electrons. The van der Waals surface area contributed by atoms with Crippen molar-refractivity contribution in [1.29, 1.82) is 0 Å². The van der Waals surface area contributed by atoms with Gasteiger partial charge in [-0.25, -0.2) is 0 Å². The molecule has 0 aliphatic carbocycles. The Labute approximate surface area is 142 Å². The Morgan fingerprint density at radius 1 is 1.00 bits per heavy atom. The summed E-state index contributed by atoms with van der Waals surface area (Å²) < 4.78 is 5.59. The van der Waals surface area contributed by atoms with E-state index in [0.717, 1.165) is 12.1 Å². The molecule has 0 aliphatic heterocycles. The van der Waals surface area contributed by atoms with E-state index in [1.807, 2.05) is 0 Å². The average molecular weight is 346 g/mol. The quantitative estimate of drug-likeness (QED) is 0.363. The van der Waals surface area contributed by atoms with Crippen molar-refractivity contribution in [1.82, 2.24) is 0 Å². The molecule has 0 amide bonds. The second kappa shape index (κ2) is 5.56. The van der Waals surface area contributed by atoms with E-state index in [9.17, 15) is 30.3 Å². The van der Waals surface area contributed by atoms with Gasteiger partial charge in [-0.15, -0.1) is 0 Å². The molecular formula is C18H18O7. The number of rotatable bonds is 3. The van der Waals surface area contributed by atoms with Gasteiger partial charge in [0.05, 0.1) is 11.0 Å². The third-order valence-electron chi connectivity index (χ3n) is 4.11. The number of benzene rings is 2. The Bertz CT molecular complexity index is 1040. The summed E-state index contributed by atoms with van der Waals surface area (Å²) in [4.78, 5) is 12.7. The van der Waals surface area contributed by atoms with E-state index < -0.39 is 28.3 Å². The van der Waals surface area contributed by atoms with Crippen molar-refractivity contribution in [3.63, 3.8) is 0 Å². The maximum absolute atomic E-state index is 12.7. The van der Waals surface area contributed by atoms with Crippen LogP contribution in [-0.2, 0) is 6.42 Å². The Morgan fingerprint density at radius 2 is 1.68 bits per heavy atom. The fourth-order valence-corrected chi connectivity index (χ4v) is 2.76. The molecule has 0 saturated heterocycles. The van der Waals surface area contributed by atoms with E-state index in [-0.39, 0.29) is 46.1 Å². The number of fused-ring (bicyclic) bond motifs is 2. The minimum absolute atomic E-state index is 0.0165. The van der Waals surface area contributed by atoms with Gasteiger partial charge >= 0.3 is 0 Å². The summed E-state index contributed by atoms with van der Waals surface area (Å²) in [7, 11) is 0. The molecule has 0 atom stereocenters. The second-order valence-corrected chi connectivity index (χ2v) is 6.65. The van der Waals surface area contributed by atoms with Gasteiger partial charge in [0.2, 0.25) is 11.2 Å². The number of phenols is 4. The lowest BCUT2D eigenvalue weighted by Gasteiger charge is -2.18. The van der Waals surface area contributed by atoms with Crippen LogP contribution in [0.1, 0.15) is 25.8 Å². The van der Waals surface area contributed by atoms with E-state index in [1.165, 1.54) is 6.07 Å². The highest BCUT2D eigenvalue weighted by molar-refractivity contribution is 5.98. The first kappa shape index (κ1) is 16.9. The maximum atomic E-state index is 12.7. The molecule has 1 heterocycles. The van der Waals surface area contributed by atoms with Gasteiger partial charge in [-0.05, 0) is 38.8 Å². The van der Waals surface area contributed by atoms with E-state index in [2.05, 4.69) is 0 Å². The summed E-state index contributed by atoms with van der Waals surface area (Å²) in [5.41, 5.74) is -1.74. The van der Waals surface area contributed by atoms with Crippen molar-refractivity contribution < 1.29 is 29.9 Å². The summed E-state index contributed by atoms with van der Waals surface area (Å²) >= 11 is 0. The van der Waals surface area contributed by atoms with Crippen molar-refractivity contribution in [2.75, 3.05) is 0 Å². The zero-order valence-corrected chi connectivity index (χ0v) is 13.7. The van der Waals surface area contributed by atoms with Crippen LogP contribution in [0.3, 0.4) is 0 Å². The molecule has 7 nitrogen and oxygen atoms in total. The van der Waals surface area contributed by atoms with Gasteiger partial charge in [-0.3, -0.25) is 4.79 Å². The highest BCUT2D eigenvalue weighted by Crippen LogP contribution is 2.39. The summed E-state index contributed by atoms with van der Waals surface area (Å²) in [6.45, 7) is 3.20. The third kappa shape index (κ3) is 2.83. The molecule has 7 heteroatoms. The number of hydrogen-bond acceptors (Lipinski definition) is 7. The molecule has 0 fully saturated rings. The van der Waals surface area contributed by atoms with Gasteiger partial charge in [-0.1, -0.05) is 0 Å². The second-order valence-electron chi connectivity index (χ2n) is 6.65. The molecule has 0 bridgehead atoms. The molecule has 3 aromatic rings. The first-order chi connectivity index (χ1) is 11.6. The first-order valence-corrected chi connectivity index (χ1v) is 7.68. The lowest BCUT2D eigenvalue weighted by atomic mass is 9.96. The van der Waals surface area contributed by atoms with Crippen LogP contribution < -0.4 is 5.43 Å². The van der Waals surface area contributed by atoms with Crippen LogP contribution in [-0.4, -0.2) is 31.1 Å². The molecule has 5 N–H and O–H groups in total. The predicted octanol–water partition coefficient (Wildman–Crippen LogP) is 2.47. The highest BCUT2D eigenvalue weighted by Gasteiger charge is 2.22. The van der Waals surface area contributed by atoms with E-state index >= 15 is 0 Å². The summed E-state index contributed by atoms with van der Waals surface area (Å²) in [6, 6.07) is 3.47. The molecule has 0 saturated carbocycles. The zero-order chi connectivity index (χ0) is 18.5. The van der Waals surface area contributed by atoms with Crippen LogP contribution in [0.2, 0.25) is 0 Å². The largest absolute Gasteiger partial charge is 0.507 e. The van der Waals surface area contributed by atoms with Crippen LogP contribution >= 0.6 is 0 Å². The summed E-state index contributed by atoms with van der Waals surface area (Å²) in [5, 5.41) is 49.6. The van der Waals surface area contributed by atoms with Gasteiger partial charge in [-0.2, -0.15) is 0 Å². The maximum Gasteiger partial charge on any atom is 0.204 e. The van der Waals surface area contributed by atoms with Crippen molar-refractivity contribution in [2.45, 2.75) is 32.3 Å². The lowest BCUT2D eigenvalue weighted by molar-refractivity contribution is 0.0713. The Balaban J connectivity index is 2.41. The molecule has 2 aromatic carbocycles. The van der Waals surface area contributed by atoms with Crippen LogP contribution in [0.5, 0.6) is 23.0 Å². The van der Waals surface area contributed by atoms with Crippen LogP contribution in [0.25, 0.3) is 21.9 Å². The normalized spacial score (nSPS) is 12.1. The van der Waals surface area contributed by atoms with Crippen molar-refractivity contribution in [2.24, 2.45) is 0 Å². The number of aliphatic hydroxyl groups is 1. The summed E-state index contributed by atoms with van der Waals surface area (Å²) in [6.07, 6.45) is 0.425. The van der Waals surface area contributed by atoms with Crippen LogP contribution in [0, 0.1) is 0 Å². The molecule has 0 spiro atoms.